The lowest BCUT2D eigenvalue weighted by Gasteiger charge is -2.07. The first-order valence-electron chi connectivity index (χ1n) is 8.23. The van der Waals surface area contributed by atoms with Crippen LogP contribution in [-0.2, 0) is 0 Å². The number of benzene rings is 2. The molecule has 2 aromatic carbocycles. The quantitative estimate of drug-likeness (QED) is 0.744. The van der Waals surface area contributed by atoms with Gasteiger partial charge in [0, 0.05) is 17.6 Å². The molecule has 5 heteroatoms. The van der Waals surface area contributed by atoms with E-state index in [0.717, 1.165) is 11.1 Å². The number of anilines is 2. The van der Waals surface area contributed by atoms with Crippen LogP contribution in [-0.4, -0.2) is 16.8 Å². The van der Waals surface area contributed by atoms with Crippen molar-refractivity contribution in [1.29, 1.82) is 0 Å². The van der Waals surface area contributed by atoms with Crippen LogP contribution in [0.5, 0.6) is 0 Å². The fourth-order valence-corrected chi connectivity index (χ4v) is 2.33. The van der Waals surface area contributed by atoms with E-state index in [1.54, 1.807) is 6.07 Å². The Labute approximate surface area is 152 Å². The highest BCUT2D eigenvalue weighted by Crippen LogP contribution is 2.12. The topological polar surface area (TPSA) is 71.1 Å². The maximum Gasteiger partial charge on any atom is 0.274 e. The zero-order valence-corrected chi connectivity index (χ0v) is 14.6. The van der Waals surface area contributed by atoms with Gasteiger partial charge in [0.25, 0.3) is 11.8 Å². The van der Waals surface area contributed by atoms with Gasteiger partial charge in [-0.15, -0.1) is 0 Å². The molecule has 0 aliphatic carbocycles. The third-order valence-electron chi connectivity index (χ3n) is 3.88. The van der Waals surface area contributed by atoms with Crippen molar-refractivity contribution >= 4 is 23.2 Å². The Morgan fingerprint density at radius 3 is 1.65 bits per heavy atom. The van der Waals surface area contributed by atoms with Crippen LogP contribution in [0.3, 0.4) is 0 Å². The summed E-state index contributed by atoms with van der Waals surface area (Å²) in [6.07, 6.45) is 1.40. The van der Waals surface area contributed by atoms with Gasteiger partial charge in [0.1, 0.15) is 5.69 Å². The first-order chi connectivity index (χ1) is 12.5. The van der Waals surface area contributed by atoms with Crippen LogP contribution in [0.4, 0.5) is 11.4 Å². The SMILES string of the molecule is Cc1ccc(NC(=O)c2ccc(C(=O)Nc3ccc(C)cc3)nc2)cc1. The molecule has 0 saturated carbocycles. The van der Waals surface area contributed by atoms with E-state index in [2.05, 4.69) is 15.6 Å². The number of rotatable bonds is 4. The second-order valence-electron chi connectivity index (χ2n) is 6.07. The van der Waals surface area contributed by atoms with Gasteiger partial charge in [-0.05, 0) is 50.2 Å². The minimum atomic E-state index is -0.320. The first-order valence-corrected chi connectivity index (χ1v) is 8.23. The Hall–Kier alpha value is -3.47. The minimum absolute atomic E-state index is 0.248. The maximum atomic E-state index is 12.3. The fourth-order valence-electron chi connectivity index (χ4n) is 2.33. The molecule has 0 aliphatic heterocycles. The average molecular weight is 345 g/mol. The normalized spacial score (nSPS) is 10.2. The van der Waals surface area contributed by atoms with Gasteiger partial charge < -0.3 is 10.6 Å². The van der Waals surface area contributed by atoms with Crippen LogP contribution in [0.2, 0.25) is 0 Å². The lowest BCUT2D eigenvalue weighted by atomic mass is 10.2. The van der Waals surface area contributed by atoms with Crippen molar-refractivity contribution in [2.24, 2.45) is 0 Å². The zero-order chi connectivity index (χ0) is 18.5. The molecule has 0 atom stereocenters. The summed E-state index contributed by atoms with van der Waals surface area (Å²) >= 11 is 0. The molecule has 3 aromatic rings. The molecule has 2 amide bonds. The lowest BCUT2D eigenvalue weighted by Crippen LogP contribution is -2.16. The minimum Gasteiger partial charge on any atom is -0.322 e. The van der Waals surface area contributed by atoms with Crippen molar-refractivity contribution < 1.29 is 9.59 Å². The molecule has 0 unspecified atom stereocenters. The predicted octanol–water partition coefficient (Wildman–Crippen LogP) is 4.20. The van der Waals surface area contributed by atoms with E-state index in [-0.39, 0.29) is 17.5 Å². The summed E-state index contributed by atoms with van der Waals surface area (Å²) < 4.78 is 0. The van der Waals surface area contributed by atoms with Gasteiger partial charge in [-0.3, -0.25) is 14.6 Å². The Balaban J connectivity index is 1.65. The van der Waals surface area contributed by atoms with E-state index in [1.165, 1.54) is 12.3 Å². The summed E-state index contributed by atoms with van der Waals surface area (Å²) in [5.41, 5.74) is 4.28. The van der Waals surface area contributed by atoms with E-state index in [1.807, 2.05) is 62.4 Å². The molecule has 2 N–H and O–H groups in total. The average Bonchev–Trinajstić information content (AvgIpc) is 2.65. The maximum absolute atomic E-state index is 12.3. The van der Waals surface area contributed by atoms with Crippen molar-refractivity contribution in [3.05, 3.63) is 89.2 Å². The van der Waals surface area contributed by atoms with E-state index >= 15 is 0 Å². The molecule has 3 rings (SSSR count). The summed E-state index contributed by atoms with van der Waals surface area (Å²) in [6, 6.07) is 18.1. The smallest absolute Gasteiger partial charge is 0.274 e. The number of amides is 2. The van der Waals surface area contributed by atoms with Gasteiger partial charge in [-0.2, -0.15) is 0 Å². The number of carbonyl (C=O) groups is 2. The van der Waals surface area contributed by atoms with Gasteiger partial charge in [0.05, 0.1) is 5.56 Å². The number of aromatic nitrogens is 1. The predicted molar refractivity (Wildman–Crippen MR) is 103 cm³/mol. The molecular weight excluding hydrogens is 326 g/mol. The number of hydrogen-bond donors (Lipinski definition) is 2. The fraction of sp³-hybridized carbons (Fsp3) is 0.0952. The Morgan fingerprint density at radius 2 is 1.19 bits per heavy atom. The van der Waals surface area contributed by atoms with Gasteiger partial charge in [-0.1, -0.05) is 35.4 Å². The van der Waals surface area contributed by atoms with Crippen LogP contribution in [0, 0.1) is 13.8 Å². The number of aryl methyl sites for hydroxylation is 2. The molecule has 0 spiro atoms. The molecule has 0 saturated heterocycles. The van der Waals surface area contributed by atoms with Crippen molar-refractivity contribution in [1.82, 2.24) is 4.98 Å². The Bertz CT molecular complexity index is 836. The van der Waals surface area contributed by atoms with Crippen LogP contribution in [0.15, 0.2) is 66.9 Å². The van der Waals surface area contributed by atoms with Crippen LogP contribution < -0.4 is 10.6 Å². The number of carbonyl (C=O) groups excluding carboxylic acids is 2. The number of pyridine rings is 1. The highest BCUT2D eigenvalue weighted by molar-refractivity contribution is 6.06. The molecule has 26 heavy (non-hydrogen) atoms. The Kier molecular flexibility index (Phi) is 5.08. The summed E-state index contributed by atoms with van der Waals surface area (Å²) in [7, 11) is 0. The number of nitrogens with zero attached hydrogens (tertiary/aromatic N) is 1. The largest absolute Gasteiger partial charge is 0.322 e. The first kappa shape index (κ1) is 17.4. The summed E-state index contributed by atoms with van der Waals surface area (Å²) in [6.45, 7) is 3.96. The van der Waals surface area contributed by atoms with Crippen molar-refractivity contribution in [2.45, 2.75) is 13.8 Å². The molecule has 130 valence electrons. The van der Waals surface area contributed by atoms with Crippen LogP contribution in [0.25, 0.3) is 0 Å². The molecule has 0 bridgehead atoms. The van der Waals surface area contributed by atoms with Gasteiger partial charge in [0.15, 0.2) is 0 Å². The molecule has 0 radical (unpaired) electrons. The molecule has 5 nitrogen and oxygen atoms in total. The monoisotopic (exact) mass is 345 g/mol. The van der Waals surface area contributed by atoms with Crippen molar-refractivity contribution in [2.75, 3.05) is 10.6 Å². The van der Waals surface area contributed by atoms with Gasteiger partial charge in [-0.25, -0.2) is 0 Å². The lowest BCUT2D eigenvalue weighted by molar-refractivity contribution is 0.101. The third kappa shape index (κ3) is 4.33. The highest BCUT2D eigenvalue weighted by Gasteiger charge is 2.11. The molecule has 1 heterocycles. The Morgan fingerprint density at radius 1 is 0.692 bits per heavy atom. The molecular formula is C21H19N3O2. The van der Waals surface area contributed by atoms with E-state index in [0.29, 0.717) is 16.9 Å². The molecule has 0 aliphatic rings. The van der Waals surface area contributed by atoms with Crippen LogP contribution in [0.1, 0.15) is 32.0 Å². The molecule has 0 fully saturated rings. The van der Waals surface area contributed by atoms with E-state index < -0.39 is 0 Å². The van der Waals surface area contributed by atoms with Gasteiger partial charge in [0.2, 0.25) is 0 Å². The molecule has 1 aromatic heterocycles. The third-order valence-corrected chi connectivity index (χ3v) is 3.88. The number of hydrogen-bond acceptors (Lipinski definition) is 3. The second kappa shape index (κ2) is 7.61. The van der Waals surface area contributed by atoms with Crippen molar-refractivity contribution in [3.8, 4) is 0 Å². The van der Waals surface area contributed by atoms with E-state index in [4.69, 9.17) is 0 Å². The summed E-state index contributed by atoms with van der Waals surface area (Å²) in [5, 5.41) is 5.58. The zero-order valence-electron chi connectivity index (χ0n) is 14.6. The second-order valence-corrected chi connectivity index (χ2v) is 6.07. The van der Waals surface area contributed by atoms with Gasteiger partial charge >= 0.3 is 0 Å². The van der Waals surface area contributed by atoms with Crippen LogP contribution >= 0.6 is 0 Å². The highest BCUT2D eigenvalue weighted by atomic mass is 16.2. The standard InChI is InChI=1S/C21H19N3O2/c1-14-3-8-17(9-4-14)23-20(25)16-7-12-19(22-13-16)21(26)24-18-10-5-15(2)6-11-18/h3-13H,1-2H3,(H,23,25)(H,24,26). The summed E-state index contributed by atoms with van der Waals surface area (Å²) in [4.78, 5) is 28.6. The number of nitrogens with one attached hydrogen (secondary N) is 2. The van der Waals surface area contributed by atoms with Crippen molar-refractivity contribution in [3.63, 3.8) is 0 Å². The van der Waals surface area contributed by atoms with E-state index in [9.17, 15) is 9.59 Å². The summed E-state index contributed by atoms with van der Waals surface area (Å²) in [5.74, 6) is -0.591.